The molecule has 2 aromatic rings. The van der Waals surface area contributed by atoms with Gasteiger partial charge in [0.25, 0.3) is 0 Å². The molecule has 18 heavy (non-hydrogen) atoms. The highest BCUT2D eigenvalue weighted by molar-refractivity contribution is 5.55. The summed E-state index contributed by atoms with van der Waals surface area (Å²) in [5.74, 6) is -0.748. The fourth-order valence-electron chi connectivity index (χ4n) is 1.53. The van der Waals surface area contributed by atoms with Crippen molar-refractivity contribution in [3.63, 3.8) is 0 Å². The monoisotopic (exact) mass is 247 g/mol. The first kappa shape index (κ1) is 5.79. The first-order chi connectivity index (χ1) is 11.5. The van der Waals surface area contributed by atoms with Crippen LogP contribution >= 0.6 is 0 Å². The van der Waals surface area contributed by atoms with Gasteiger partial charge in [0.15, 0.2) is 23.0 Å². The summed E-state index contributed by atoms with van der Waals surface area (Å²) in [4.78, 5) is 0. The topological polar surface area (TPSA) is 18.5 Å². The van der Waals surface area contributed by atoms with E-state index >= 15 is 0 Å². The molecule has 0 saturated heterocycles. The molecule has 0 aliphatic carbocycles. The lowest BCUT2D eigenvalue weighted by molar-refractivity contribution is 0.358. The minimum absolute atomic E-state index is 0.108. The second-order valence-electron chi connectivity index (χ2n) is 5.02. The van der Waals surface area contributed by atoms with Crippen LogP contribution in [0.25, 0.3) is 0 Å². The summed E-state index contributed by atoms with van der Waals surface area (Å²) >= 11 is 0. The zero-order chi connectivity index (χ0) is 18.8. The SMILES string of the molecule is [2H]c1c([2H])c([2H])c2c(c1[2H])Oc1c([2H])c([2H])c(C(C)(C)C)c([2H])c1O2. The summed E-state index contributed by atoms with van der Waals surface area (Å²) in [6.07, 6.45) is 0. The lowest BCUT2D eigenvalue weighted by atomic mass is 9.87. The number of fused-ring (bicyclic) bond motifs is 2. The van der Waals surface area contributed by atoms with Crippen molar-refractivity contribution in [3.8, 4) is 23.0 Å². The number of rotatable bonds is 0. The molecule has 0 spiro atoms. The molecule has 0 bridgehead atoms. The summed E-state index contributed by atoms with van der Waals surface area (Å²) in [7, 11) is 0. The molecule has 0 radical (unpaired) electrons. The second-order valence-corrected chi connectivity index (χ2v) is 5.02. The molecule has 1 aliphatic rings. The third-order valence-corrected chi connectivity index (χ3v) is 2.52. The van der Waals surface area contributed by atoms with E-state index < -0.39 is 29.6 Å². The first-order valence-corrected chi connectivity index (χ1v) is 5.57. The Balaban J connectivity index is 2.33. The molecule has 1 heterocycles. The van der Waals surface area contributed by atoms with Gasteiger partial charge in [-0.1, -0.05) is 38.9 Å². The third kappa shape index (κ3) is 1.84. The summed E-state index contributed by atoms with van der Waals surface area (Å²) < 4.78 is 67.2. The van der Waals surface area contributed by atoms with Gasteiger partial charge in [0.05, 0.1) is 9.60 Å². The Labute approximate surface area is 117 Å². The van der Waals surface area contributed by atoms with Gasteiger partial charge < -0.3 is 9.47 Å². The van der Waals surface area contributed by atoms with Crippen LogP contribution in [0.4, 0.5) is 0 Å². The van der Waals surface area contributed by atoms with Crippen LogP contribution in [0.3, 0.4) is 0 Å². The van der Waals surface area contributed by atoms with Crippen LogP contribution in [-0.4, -0.2) is 0 Å². The highest BCUT2D eigenvalue weighted by Crippen LogP contribution is 2.46. The van der Waals surface area contributed by atoms with E-state index in [9.17, 15) is 0 Å². The molecule has 0 atom stereocenters. The van der Waals surface area contributed by atoms with Crippen LogP contribution in [0.5, 0.6) is 23.0 Å². The Hall–Kier alpha value is -1.96. The molecule has 1 aliphatic heterocycles. The van der Waals surface area contributed by atoms with Crippen molar-refractivity contribution < 1.29 is 19.1 Å². The first-order valence-electron chi connectivity index (χ1n) is 9.07. The molecular weight excluding hydrogens is 224 g/mol. The standard InChI is InChI=1S/C16H16O2/c1-16(2,3)11-8-9-14-15(10-11)18-13-7-5-4-6-12(13)17-14/h4-10H,1-3H3/i4D,5D,6D,7D,8D,9D,10D. The number of para-hydroxylation sites is 2. The van der Waals surface area contributed by atoms with Gasteiger partial charge in [-0.15, -0.1) is 0 Å². The van der Waals surface area contributed by atoms with Crippen LogP contribution in [0.1, 0.15) is 35.9 Å². The van der Waals surface area contributed by atoms with Gasteiger partial charge in [-0.05, 0) is 35.1 Å². The summed E-state index contributed by atoms with van der Waals surface area (Å²) in [5.41, 5.74) is -0.275. The van der Waals surface area contributed by atoms with Crippen LogP contribution in [-0.2, 0) is 5.41 Å². The molecule has 2 aromatic carbocycles. The molecule has 0 amide bonds. The molecule has 0 saturated carbocycles. The summed E-state index contributed by atoms with van der Waals surface area (Å²) in [6.45, 7) is 5.44. The number of hydrogen-bond acceptors (Lipinski definition) is 2. The highest BCUT2D eigenvalue weighted by atomic mass is 16.6. The van der Waals surface area contributed by atoms with E-state index in [1.165, 1.54) is 0 Å². The molecule has 2 heteroatoms. The van der Waals surface area contributed by atoms with Gasteiger partial charge in [-0.3, -0.25) is 0 Å². The van der Waals surface area contributed by atoms with Crippen molar-refractivity contribution in [1.29, 1.82) is 0 Å². The zero-order valence-electron chi connectivity index (χ0n) is 17.3. The summed E-state index contributed by atoms with van der Waals surface area (Å²) in [6, 6.07) is -2.37. The third-order valence-electron chi connectivity index (χ3n) is 2.52. The van der Waals surface area contributed by atoms with E-state index in [1.807, 2.05) is 20.8 Å². The van der Waals surface area contributed by atoms with Crippen molar-refractivity contribution in [2.45, 2.75) is 26.2 Å². The maximum atomic E-state index is 8.38. The van der Waals surface area contributed by atoms with Gasteiger partial charge in [-0.2, -0.15) is 0 Å². The smallest absolute Gasteiger partial charge is 0.170 e. The summed E-state index contributed by atoms with van der Waals surface area (Å²) in [5, 5.41) is 0. The molecule has 0 N–H and O–H groups in total. The molecule has 92 valence electrons. The van der Waals surface area contributed by atoms with Gasteiger partial charge in [0, 0.05) is 0 Å². The van der Waals surface area contributed by atoms with Gasteiger partial charge in [-0.25, -0.2) is 0 Å². The van der Waals surface area contributed by atoms with Crippen molar-refractivity contribution in [2.24, 2.45) is 0 Å². The zero-order valence-corrected chi connectivity index (χ0v) is 10.3. The molecule has 0 aromatic heterocycles. The molecule has 0 fully saturated rings. The molecule has 2 nitrogen and oxygen atoms in total. The highest BCUT2D eigenvalue weighted by Gasteiger charge is 2.21. The Bertz CT molecular complexity index is 917. The second kappa shape index (κ2) is 3.77. The lowest BCUT2D eigenvalue weighted by Gasteiger charge is -2.24. The van der Waals surface area contributed by atoms with E-state index in [0.717, 1.165) is 0 Å². The van der Waals surface area contributed by atoms with E-state index in [2.05, 4.69) is 0 Å². The van der Waals surface area contributed by atoms with Crippen LogP contribution < -0.4 is 9.47 Å². The maximum Gasteiger partial charge on any atom is 0.170 e. The molecule has 0 unspecified atom stereocenters. The van der Waals surface area contributed by atoms with E-state index in [-0.39, 0.29) is 41.1 Å². The minimum atomic E-state index is -0.585. The van der Waals surface area contributed by atoms with Gasteiger partial charge in [0.2, 0.25) is 0 Å². The van der Waals surface area contributed by atoms with Crippen molar-refractivity contribution in [2.75, 3.05) is 0 Å². The number of benzene rings is 2. The number of hydrogen-bond donors (Lipinski definition) is 0. The van der Waals surface area contributed by atoms with Crippen LogP contribution in [0, 0.1) is 0 Å². The Morgan fingerprint density at radius 1 is 0.833 bits per heavy atom. The Morgan fingerprint density at radius 3 is 2.00 bits per heavy atom. The van der Waals surface area contributed by atoms with Crippen molar-refractivity contribution in [3.05, 3.63) is 47.9 Å². The van der Waals surface area contributed by atoms with Crippen LogP contribution in [0.2, 0.25) is 0 Å². The largest absolute Gasteiger partial charge is 0.450 e. The molecular formula is C16H16O2. The minimum Gasteiger partial charge on any atom is -0.450 e. The normalized spacial score (nSPS) is 18.5. The molecule has 3 rings (SSSR count). The fourth-order valence-corrected chi connectivity index (χ4v) is 1.53. The predicted molar refractivity (Wildman–Crippen MR) is 71.7 cm³/mol. The fraction of sp³-hybridized carbons (Fsp3) is 0.250. The maximum absolute atomic E-state index is 8.38. The Kier molecular flexibility index (Phi) is 1.21. The van der Waals surface area contributed by atoms with E-state index in [4.69, 9.17) is 19.1 Å². The number of ether oxygens (including phenoxy) is 2. The Morgan fingerprint density at radius 2 is 1.39 bits per heavy atom. The lowest BCUT2D eigenvalue weighted by Crippen LogP contribution is -2.11. The van der Waals surface area contributed by atoms with Gasteiger partial charge >= 0.3 is 0 Å². The van der Waals surface area contributed by atoms with Crippen LogP contribution in [0.15, 0.2) is 42.3 Å². The average molecular weight is 247 g/mol. The average Bonchev–Trinajstić information content (AvgIpc) is 2.53. The van der Waals surface area contributed by atoms with E-state index in [0.29, 0.717) is 5.56 Å². The van der Waals surface area contributed by atoms with E-state index in [1.54, 1.807) is 0 Å². The quantitative estimate of drug-likeness (QED) is 0.563. The predicted octanol–water partition coefficient (Wildman–Crippen LogP) is 4.88. The van der Waals surface area contributed by atoms with Gasteiger partial charge in [0.1, 0.15) is 0 Å². The van der Waals surface area contributed by atoms with Crippen molar-refractivity contribution in [1.82, 2.24) is 0 Å². The van der Waals surface area contributed by atoms with Crippen molar-refractivity contribution >= 4 is 0 Å².